The van der Waals surface area contributed by atoms with E-state index in [9.17, 15) is 45.1 Å². The van der Waals surface area contributed by atoms with Gasteiger partial charge in [-0.25, -0.2) is 9.18 Å². The summed E-state index contributed by atoms with van der Waals surface area (Å²) in [5.74, 6) is -1.91. The number of halogens is 7. The second kappa shape index (κ2) is 11.9. The number of likely N-dealkylation sites (N-methyl/N-ethyl adjacent to an activating group) is 1. The van der Waals surface area contributed by atoms with Gasteiger partial charge in [-0.2, -0.15) is 26.3 Å². The number of alkyl halides is 6. The summed E-state index contributed by atoms with van der Waals surface area (Å²) in [6.45, 7) is 5.37. The molecule has 0 N–H and O–H groups in total. The fraction of sp³-hybridized carbons (Fsp3) is 0.500. The van der Waals surface area contributed by atoms with E-state index in [0.717, 1.165) is 0 Å². The Balaban J connectivity index is 1.65. The van der Waals surface area contributed by atoms with E-state index in [1.807, 2.05) is 0 Å². The molecule has 2 aliphatic rings. The number of amides is 4. The lowest BCUT2D eigenvalue weighted by Gasteiger charge is -2.37. The van der Waals surface area contributed by atoms with Crippen molar-refractivity contribution in [2.24, 2.45) is 0 Å². The molecule has 14 heteroatoms. The molecule has 4 amide bonds. The predicted molar refractivity (Wildman–Crippen MR) is 146 cm³/mol. The van der Waals surface area contributed by atoms with E-state index in [4.69, 9.17) is 0 Å². The molecule has 2 atom stereocenters. The number of likely N-dealkylation sites (tertiary alicyclic amines) is 1. The van der Waals surface area contributed by atoms with E-state index in [1.54, 1.807) is 9.80 Å². The van der Waals surface area contributed by atoms with E-state index in [-0.39, 0.29) is 31.1 Å². The van der Waals surface area contributed by atoms with Crippen LogP contribution in [-0.4, -0.2) is 89.8 Å². The van der Waals surface area contributed by atoms with Gasteiger partial charge < -0.3 is 19.6 Å². The van der Waals surface area contributed by atoms with Crippen molar-refractivity contribution in [3.05, 3.63) is 70.5 Å². The topological polar surface area (TPSA) is 64.2 Å². The molecule has 240 valence electrons. The highest BCUT2D eigenvalue weighted by Crippen LogP contribution is 2.40. The number of nitrogens with zero attached hydrogens (tertiary/aromatic N) is 4. The van der Waals surface area contributed by atoms with Crippen molar-refractivity contribution in [2.45, 2.75) is 50.5 Å². The summed E-state index contributed by atoms with van der Waals surface area (Å²) >= 11 is 0. The predicted octanol–water partition coefficient (Wildman–Crippen LogP) is 5.35. The van der Waals surface area contributed by atoms with E-state index in [1.165, 1.54) is 61.9 Å². The van der Waals surface area contributed by atoms with Crippen LogP contribution in [0, 0.1) is 5.82 Å². The number of benzene rings is 2. The molecule has 4 rings (SSSR count). The van der Waals surface area contributed by atoms with Crippen molar-refractivity contribution in [1.82, 2.24) is 19.6 Å². The van der Waals surface area contributed by atoms with Gasteiger partial charge in [-0.15, -0.1) is 0 Å². The molecule has 44 heavy (non-hydrogen) atoms. The number of carbonyl (C=O) groups is 3. The average molecular weight is 631 g/mol. The molecule has 2 heterocycles. The smallest absolute Gasteiger partial charge is 0.340 e. The van der Waals surface area contributed by atoms with Crippen LogP contribution >= 0.6 is 0 Å². The average Bonchev–Trinajstić information content (AvgIpc) is 3.40. The number of urea groups is 1. The second-order valence-corrected chi connectivity index (χ2v) is 11.7. The lowest BCUT2D eigenvalue weighted by atomic mass is 9.80. The Morgan fingerprint density at radius 1 is 0.750 bits per heavy atom. The maximum atomic E-state index is 13.9. The number of rotatable bonds is 4. The Labute approximate surface area is 250 Å². The zero-order chi connectivity index (χ0) is 32.8. The SMILES string of the molecule is CC(=O)N1CCN(C(=O)N2CC(c3ccc(F)cc3)C(N(C)C(=O)C(C)(C)c3cc(C(F)(F)F)cc(C(F)(F)F)c3)C2)CC1. The normalized spacial score (nSPS) is 19.8. The van der Waals surface area contributed by atoms with Gasteiger partial charge in [-0.1, -0.05) is 12.1 Å². The first-order valence-corrected chi connectivity index (χ1v) is 13.9. The van der Waals surface area contributed by atoms with E-state index in [2.05, 4.69) is 0 Å². The molecule has 2 aromatic carbocycles. The van der Waals surface area contributed by atoms with Crippen molar-refractivity contribution < 1.29 is 45.1 Å². The molecule has 2 saturated heterocycles. The maximum absolute atomic E-state index is 13.9. The fourth-order valence-corrected chi connectivity index (χ4v) is 5.82. The number of piperazine rings is 1. The summed E-state index contributed by atoms with van der Waals surface area (Å²) in [7, 11) is 1.39. The van der Waals surface area contributed by atoms with Gasteiger partial charge in [0.05, 0.1) is 22.6 Å². The standard InChI is InChI=1S/C30H33F7N4O3/c1-18(42)39-9-11-40(12-10-39)27(44)41-16-24(19-5-7-23(31)8-6-19)25(17-41)38(4)26(43)28(2,3)20-13-21(29(32,33)34)15-22(14-20)30(35,36)37/h5-8,13-15,24-25H,9-12,16-17H2,1-4H3. The largest absolute Gasteiger partial charge is 0.416 e. The van der Waals surface area contributed by atoms with Crippen LogP contribution in [0.15, 0.2) is 42.5 Å². The molecule has 0 spiro atoms. The second-order valence-electron chi connectivity index (χ2n) is 11.7. The van der Waals surface area contributed by atoms with Crippen LogP contribution in [0.2, 0.25) is 0 Å². The van der Waals surface area contributed by atoms with Gasteiger partial charge in [0.2, 0.25) is 11.8 Å². The fourth-order valence-electron chi connectivity index (χ4n) is 5.82. The highest BCUT2D eigenvalue weighted by atomic mass is 19.4. The van der Waals surface area contributed by atoms with Crippen molar-refractivity contribution in [1.29, 1.82) is 0 Å². The van der Waals surface area contributed by atoms with Gasteiger partial charge in [-0.3, -0.25) is 9.59 Å². The number of hydrogen-bond donors (Lipinski definition) is 0. The number of hydrogen-bond acceptors (Lipinski definition) is 3. The monoisotopic (exact) mass is 630 g/mol. The van der Waals surface area contributed by atoms with Crippen molar-refractivity contribution in [3.8, 4) is 0 Å². The molecule has 2 unspecified atom stereocenters. The molecule has 0 bridgehead atoms. The van der Waals surface area contributed by atoms with Gasteiger partial charge in [0, 0.05) is 59.2 Å². The Morgan fingerprint density at radius 2 is 1.23 bits per heavy atom. The Bertz CT molecular complexity index is 1370. The minimum atomic E-state index is -5.09. The van der Waals surface area contributed by atoms with E-state index in [0.29, 0.717) is 43.9 Å². The summed E-state index contributed by atoms with van der Waals surface area (Å²) in [4.78, 5) is 45.1. The summed E-state index contributed by atoms with van der Waals surface area (Å²) in [5, 5.41) is 0. The van der Waals surface area contributed by atoms with E-state index >= 15 is 0 Å². The van der Waals surface area contributed by atoms with Crippen LogP contribution in [0.4, 0.5) is 35.5 Å². The first kappa shape index (κ1) is 33.1. The van der Waals surface area contributed by atoms with Crippen molar-refractivity contribution >= 4 is 17.8 Å². The Hall–Kier alpha value is -3.84. The minimum Gasteiger partial charge on any atom is -0.340 e. The van der Waals surface area contributed by atoms with Gasteiger partial charge in [0.1, 0.15) is 5.82 Å². The van der Waals surface area contributed by atoms with Crippen LogP contribution in [-0.2, 0) is 27.4 Å². The van der Waals surface area contributed by atoms with Crippen LogP contribution < -0.4 is 0 Å². The first-order chi connectivity index (χ1) is 20.3. The van der Waals surface area contributed by atoms with Gasteiger partial charge in [0.15, 0.2) is 0 Å². The third kappa shape index (κ3) is 6.78. The van der Waals surface area contributed by atoms with Crippen LogP contribution in [0.3, 0.4) is 0 Å². The van der Waals surface area contributed by atoms with Crippen molar-refractivity contribution in [2.75, 3.05) is 46.3 Å². The summed E-state index contributed by atoms with van der Waals surface area (Å²) in [6, 6.07) is 5.51. The molecule has 0 aliphatic carbocycles. The third-order valence-corrected chi connectivity index (χ3v) is 8.52. The molecule has 2 fully saturated rings. The molecule has 2 aromatic rings. The molecular weight excluding hydrogens is 597 g/mol. The molecule has 0 saturated carbocycles. The first-order valence-electron chi connectivity index (χ1n) is 13.9. The summed E-state index contributed by atoms with van der Waals surface area (Å²) in [5.41, 5.74) is -4.76. The number of carbonyl (C=O) groups excluding carboxylic acids is 3. The zero-order valence-electron chi connectivity index (χ0n) is 24.6. The molecule has 2 aliphatic heterocycles. The third-order valence-electron chi connectivity index (χ3n) is 8.52. The maximum Gasteiger partial charge on any atom is 0.416 e. The van der Waals surface area contributed by atoms with Crippen LogP contribution in [0.5, 0.6) is 0 Å². The van der Waals surface area contributed by atoms with Crippen LogP contribution in [0.1, 0.15) is 48.9 Å². The highest BCUT2D eigenvalue weighted by Gasteiger charge is 2.46. The lowest BCUT2D eigenvalue weighted by Crippen LogP contribution is -2.54. The highest BCUT2D eigenvalue weighted by molar-refractivity contribution is 5.88. The van der Waals surface area contributed by atoms with Gasteiger partial charge in [0.25, 0.3) is 0 Å². The zero-order valence-corrected chi connectivity index (χ0v) is 24.6. The molecule has 7 nitrogen and oxygen atoms in total. The minimum absolute atomic E-state index is 0.00895. The summed E-state index contributed by atoms with van der Waals surface area (Å²) < 4.78 is 95.2. The summed E-state index contributed by atoms with van der Waals surface area (Å²) in [6.07, 6.45) is -10.2. The van der Waals surface area contributed by atoms with Crippen molar-refractivity contribution in [3.63, 3.8) is 0 Å². The van der Waals surface area contributed by atoms with Gasteiger partial charge in [-0.05, 0) is 55.3 Å². The molecule has 0 radical (unpaired) electrons. The molecule has 0 aromatic heterocycles. The van der Waals surface area contributed by atoms with Gasteiger partial charge >= 0.3 is 18.4 Å². The van der Waals surface area contributed by atoms with Crippen LogP contribution in [0.25, 0.3) is 0 Å². The Kier molecular flexibility index (Phi) is 8.96. The molecular formula is C30H33F7N4O3. The van der Waals surface area contributed by atoms with E-state index < -0.39 is 58.1 Å². The lowest BCUT2D eigenvalue weighted by molar-refractivity contribution is -0.144. The quantitative estimate of drug-likeness (QED) is 0.428. The Morgan fingerprint density at radius 3 is 1.70 bits per heavy atom.